The van der Waals surface area contributed by atoms with Crippen LogP contribution >= 0.6 is 11.8 Å². The van der Waals surface area contributed by atoms with Crippen LogP contribution in [0.1, 0.15) is 12.5 Å². The number of piperazine rings is 1. The molecule has 0 spiro atoms. The first-order valence-corrected chi connectivity index (χ1v) is 8.36. The molecule has 0 radical (unpaired) electrons. The lowest BCUT2D eigenvalue weighted by molar-refractivity contribution is -0.384. The third-order valence-corrected chi connectivity index (χ3v) is 5.14. The lowest BCUT2D eigenvalue weighted by Gasteiger charge is -2.37. The Bertz CT molecular complexity index is 692. The van der Waals surface area contributed by atoms with E-state index in [2.05, 4.69) is 27.8 Å². The number of thioether (sulfide) groups is 1. The van der Waals surface area contributed by atoms with Crippen molar-refractivity contribution >= 4 is 28.3 Å². The summed E-state index contributed by atoms with van der Waals surface area (Å²) in [5, 5.41) is 21.8. The summed E-state index contributed by atoms with van der Waals surface area (Å²) < 4.78 is 0. The van der Waals surface area contributed by atoms with Gasteiger partial charge in [0.25, 0.3) is 5.69 Å². The second-order valence-electron chi connectivity index (χ2n) is 5.60. The van der Waals surface area contributed by atoms with E-state index in [1.54, 1.807) is 6.07 Å². The van der Waals surface area contributed by atoms with E-state index < -0.39 is 4.92 Å². The number of benzene rings is 1. The van der Waals surface area contributed by atoms with E-state index in [0.717, 1.165) is 43.6 Å². The molecule has 1 saturated heterocycles. The summed E-state index contributed by atoms with van der Waals surface area (Å²) in [5.41, 5.74) is 1.08. The predicted octanol–water partition coefficient (Wildman–Crippen LogP) is 2.08. The van der Waals surface area contributed by atoms with Gasteiger partial charge in [0.1, 0.15) is 6.07 Å². The van der Waals surface area contributed by atoms with Crippen molar-refractivity contribution in [3.05, 3.63) is 33.9 Å². The SMILES string of the molecule is C[C@@H]1CN=C(N2CCN(c3ccc([N+](=O)[O-])cc3C#N)CC2)S1. The average molecular weight is 331 g/mol. The zero-order valence-electron chi connectivity index (χ0n) is 12.8. The molecule has 1 atom stereocenters. The van der Waals surface area contributed by atoms with Crippen molar-refractivity contribution in [3.63, 3.8) is 0 Å². The van der Waals surface area contributed by atoms with Crippen molar-refractivity contribution in [2.24, 2.45) is 4.99 Å². The van der Waals surface area contributed by atoms with Crippen LogP contribution in [0.25, 0.3) is 0 Å². The number of rotatable bonds is 2. The van der Waals surface area contributed by atoms with Gasteiger partial charge in [0.05, 0.1) is 22.7 Å². The number of nitro benzene ring substituents is 1. The Kier molecular flexibility index (Phi) is 4.39. The Balaban J connectivity index is 1.70. The van der Waals surface area contributed by atoms with Gasteiger partial charge in [0.2, 0.25) is 0 Å². The Labute approximate surface area is 138 Å². The molecule has 1 aromatic rings. The quantitative estimate of drug-likeness (QED) is 0.609. The number of nitriles is 1. The normalized spacial score (nSPS) is 21.0. The van der Waals surface area contributed by atoms with E-state index in [1.807, 2.05) is 11.8 Å². The number of hydrogen-bond acceptors (Lipinski definition) is 7. The maximum Gasteiger partial charge on any atom is 0.270 e. The molecule has 0 aliphatic carbocycles. The van der Waals surface area contributed by atoms with Gasteiger partial charge in [0, 0.05) is 43.6 Å². The summed E-state index contributed by atoms with van der Waals surface area (Å²) in [7, 11) is 0. The fraction of sp³-hybridized carbons (Fsp3) is 0.467. The van der Waals surface area contributed by atoms with Crippen LogP contribution < -0.4 is 4.90 Å². The maximum absolute atomic E-state index is 10.8. The molecule has 7 nitrogen and oxygen atoms in total. The molecule has 0 amide bonds. The third kappa shape index (κ3) is 3.24. The lowest BCUT2D eigenvalue weighted by atomic mass is 10.1. The van der Waals surface area contributed by atoms with E-state index in [1.165, 1.54) is 12.1 Å². The predicted molar refractivity (Wildman–Crippen MR) is 91.0 cm³/mol. The Morgan fingerprint density at radius 3 is 2.61 bits per heavy atom. The maximum atomic E-state index is 10.8. The highest BCUT2D eigenvalue weighted by Gasteiger charge is 2.26. The summed E-state index contributed by atoms with van der Waals surface area (Å²) in [6.45, 7) is 6.30. The molecule has 3 rings (SSSR count). The van der Waals surface area contributed by atoms with E-state index >= 15 is 0 Å². The minimum Gasteiger partial charge on any atom is -0.367 e. The van der Waals surface area contributed by atoms with Crippen molar-refractivity contribution < 1.29 is 4.92 Å². The number of non-ortho nitro benzene ring substituents is 1. The molecule has 1 fully saturated rings. The standard InChI is InChI=1S/C15H17N5O2S/c1-11-10-17-15(23-11)19-6-4-18(5-7-19)14-3-2-13(20(21)22)8-12(14)9-16/h2-3,8,11H,4-7,10H2,1H3/t11-/m1/s1. The minimum atomic E-state index is -0.473. The van der Waals surface area contributed by atoms with Crippen molar-refractivity contribution in [1.29, 1.82) is 5.26 Å². The molecule has 120 valence electrons. The number of nitro groups is 1. The number of anilines is 1. The van der Waals surface area contributed by atoms with E-state index in [-0.39, 0.29) is 5.69 Å². The Morgan fingerprint density at radius 2 is 2.04 bits per heavy atom. The highest BCUT2D eigenvalue weighted by molar-refractivity contribution is 8.14. The third-order valence-electron chi connectivity index (χ3n) is 3.99. The smallest absolute Gasteiger partial charge is 0.270 e. The van der Waals surface area contributed by atoms with E-state index in [0.29, 0.717) is 10.8 Å². The zero-order valence-corrected chi connectivity index (χ0v) is 13.6. The topological polar surface area (TPSA) is 85.8 Å². The fourth-order valence-corrected chi connectivity index (χ4v) is 3.77. The highest BCUT2D eigenvalue weighted by atomic mass is 32.2. The second kappa shape index (κ2) is 6.46. The summed E-state index contributed by atoms with van der Waals surface area (Å²) in [5.74, 6) is 0. The molecule has 2 aliphatic rings. The molecule has 23 heavy (non-hydrogen) atoms. The monoisotopic (exact) mass is 331 g/mol. The molecule has 0 saturated carbocycles. The molecular weight excluding hydrogens is 314 g/mol. The largest absolute Gasteiger partial charge is 0.367 e. The van der Waals surface area contributed by atoms with Gasteiger partial charge in [-0.1, -0.05) is 18.7 Å². The van der Waals surface area contributed by atoms with Crippen molar-refractivity contribution in [3.8, 4) is 6.07 Å². The first-order chi connectivity index (χ1) is 11.1. The number of amidine groups is 1. The molecule has 0 bridgehead atoms. The molecule has 1 aromatic carbocycles. The van der Waals surface area contributed by atoms with Gasteiger partial charge in [-0.25, -0.2) is 0 Å². The van der Waals surface area contributed by atoms with Crippen LogP contribution in [0.5, 0.6) is 0 Å². The lowest BCUT2D eigenvalue weighted by Crippen LogP contribution is -2.48. The number of nitrogens with zero attached hydrogens (tertiary/aromatic N) is 5. The average Bonchev–Trinajstić information content (AvgIpc) is 3.01. The molecular formula is C15H17N5O2S. The molecule has 0 N–H and O–H groups in total. The van der Waals surface area contributed by atoms with Crippen LogP contribution in [-0.4, -0.2) is 53.0 Å². The van der Waals surface area contributed by atoms with Gasteiger partial charge in [-0.05, 0) is 6.07 Å². The van der Waals surface area contributed by atoms with Gasteiger partial charge in [-0.2, -0.15) is 5.26 Å². The summed E-state index contributed by atoms with van der Waals surface area (Å²) >= 11 is 1.81. The molecule has 0 unspecified atom stereocenters. The second-order valence-corrected chi connectivity index (χ2v) is 7.00. The fourth-order valence-electron chi connectivity index (χ4n) is 2.78. The molecule has 2 aliphatic heterocycles. The van der Waals surface area contributed by atoms with Crippen molar-refractivity contribution in [2.75, 3.05) is 37.6 Å². The number of hydrogen-bond donors (Lipinski definition) is 0. The molecule has 8 heteroatoms. The number of aliphatic imine (C=N–C) groups is 1. The zero-order chi connectivity index (χ0) is 16.4. The van der Waals surface area contributed by atoms with Crippen molar-refractivity contribution in [1.82, 2.24) is 4.90 Å². The van der Waals surface area contributed by atoms with Crippen LogP contribution in [-0.2, 0) is 0 Å². The van der Waals surface area contributed by atoms with Gasteiger partial charge in [-0.3, -0.25) is 15.1 Å². The van der Waals surface area contributed by atoms with Crippen LogP contribution in [0.3, 0.4) is 0 Å². The summed E-state index contributed by atoms with van der Waals surface area (Å²) in [6.07, 6.45) is 0. The van der Waals surface area contributed by atoms with Crippen LogP contribution in [0.4, 0.5) is 11.4 Å². The molecule has 2 heterocycles. The van der Waals surface area contributed by atoms with Gasteiger partial charge < -0.3 is 9.80 Å². The molecule has 0 aromatic heterocycles. The van der Waals surface area contributed by atoms with Gasteiger partial charge in [0.15, 0.2) is 5.17 Å². The van der Waals surface area contributed by atoms with Crippen molar-refractivity contribution in [2.45, 2.75) is 12.2 Å². The van der Waals surface area contributed by atoms with E-state index in [4.69, 9.17) is 0 Å². The van der Waals surface area contributed by atoms with Gasteiger partial charge >= 0.3 is 0 Å². The first-order valence-electron chi connectivity index (χ1n) is 7.48. The van der Waals surface area contributed by atoms with Crippen LogP contribution in [0.2, 0.25) is 0 Å². The Hall–Kier alpha value is -2.27. The highest BCUT2D eigenvalue weighted by Crippen LogP contribution is 2.28. The van der Waals surface area contributed by atoms with Crippen LogP contribution in [0, 0.1) is 21.4 Å². The summed E-state index contributed by atoms with van der Waals surface area (Å²) in [4.78, 5) is 19.3. The Morgan fingerprint density at radius 1 is 1.35 bits per heavy atom. The summed E-state index contributed by atoms with van der Waals surface area (Å²) in [6, 6.07) is 6.56. The van der Waals surface area contributed by atoms with Crippen LogP contribution in [0.15, 0.2) is 23.2 Å². The van der Waals surface area contributed by atoms with E-state index in [9.17, 15) is 15.4 Å². The first kappa shape index (κ1) is 15.6. The van der Waals surface area contributed by atoms with Gasteiger partial charge in [-0.15, -0.1) is 0 Å². The minimum absolute atomic E-state index is 0.0466.